The Kier molecular flexibility index (Phi) is 6.58. The Bertz CT molecular complexity index is 1210. The number of fused-ring (bicyclic) bond motifs is 1. The van der Waals surface area contributed by atoms with Gasteiger partial charge in [-0.05, 0) is 36.1 Å². The number of rotatable bonds is 4. The Hall–Kier alpha value is -2.30. The quantitative estimate of drug-likeness (QED) is 0.342. The summed E-state index contributed by atoms with van der Waals surface area (Å²) >= 11 is 0. The van der Waals surface area contributed by atoms with E-state index in [2.05, 4.69) is 10.2 Å². The van der Waals surface area contributed by atoms with E-state index in [0.29, 0.717) is 16.3 Å². The third kappa shape index (κ3) is 4.40. The SMILES string of the molecule is Cc1ccc(N=Nc2c(O)c(C(=O)O)cc3ccccc23)c(S(=O)(=O)O)c1.[NaH]. The fourth-order valence-electron chi connectivity index (χ4n) is 2.60. The molecule has 28 heavy (non-hydrogen) atoms. The number of azo groups is 1. The van der Waals surface area contributed by atoms with Gasteiger partial charge >= 0.3 is 35.5 Å². The van der Waals surface area contributed by atoms with Gasteiger partial charge in [-0.1, -0.05) is 30.3 Å². The third-order valence-electron chi connectivity index (χ3n) is 3.88. The van der Waals surface area contributed by atoms with Crippen molar-refractivity contribution in [1.29, 1.82) is 0 Å². The van der Waals surface area contributed by atoms with Gasteiger partial charge in [0.05, 0.1) is 0 Å². The second-order valence-corrected chi connectivity index (χ2v) is 7.18. The molecule has 0 spiro atoms. The predicted molar refractivity (Wildman–Crippen MR) is 105 cm³/mol. The van der Waals surface area contributed by atoms with Gasteiger partial charge in [0, 0.05) is 5.39 Å². The van der Waals surface area contributed by atoms with Crippen molar-refractivity contribution in [2.24, 2.45) is 10.2 Å². The van der Waals surface area contributed by atoms with E-state index >= 15 is 0 Å². The molecule has 3 N–H and O–H groups in total. The fourth-order valence-corrected chi connectivity index (χ4v) is 3.30. The number of aryl methyl sites for hydroxylation is 1. The Labute approximate surface area is 182 Å². The third-order valence-corrected chi connectivity index (χ3v) is 4.76. The van der Waals surface area contributed by atoms with Gasteiger partial charge in [-0.3, -0.25) is 4.55 Å². The maximum absolute atomic E-state index is 11.6. The molecule has 0 radical (unpaired) electrons. The van der Waals surface area contributed by atoms with Crippen molar-refractivity contribution in [1.82, 2.24) is 0 Å². The number of hydrogen-bond acceptors (Lipinski definition) is 6. The average Bonchev–Trinajstić information content (AvgIpc) is 2.60. The van der Waals surface area contributed by atoms with Crippen LogP contribution in [0.4, 0.5) is 11.4 Å². The van der Waals surface area contributed by atoms with Crippen molar-refractivity contribution in [2.75, 3.05) is 0 Å². The van der Waals surface area contributed by atoms with Crippen LogP contribution in [0, 0.1) is 6.92 Å². The maximum atomic E-state index is 11.6. The molecule has 0 heterocycles. The van der Waals surface area contributed by atoms with Crippen LogP contribution in [0.3, 0.4) is 0 Å². The molecule has 3 aromatic carbocycles. The second kappa shape index (κ2) is 8.38. The van der Waals surface area contributed by atoms with Crippen molar-refractivity contribution >= 4 is 67.8 Å². The molecule has 0 saturated carbocycles. The van der Waals surface area contributed by atoms with Crippen LogP contribution < -0.4 is 0 Å². The predicted octanol–water partition coefficient (Wildman–Crippen LogP) is 3.57. The molecule has 8 nitrogen and oxygen atoms in total. The van der Waals surface area contributed by atoms with Gasteiger partial charge in [0.15, 0.2) is 5.75 Å². The molecule has 140 valence electrons. The van der Waals surface area contributed by atoms with E-state index in [1.165, 1.54) is 18.2 Å². The zero-order valence-corrected chi connectivity index (χ0v) is 14.8. The first-order valence-corrected chi connectivity index (χ1v) is 9.10. The number of carboxylic acids is 1. The zero-order chi connectivity index (χ0) is 19.8. The molecular formula is C18H15N2NaO6S. The van der Waals surface area contributed by atoms with E-state index in [-0.39, 0.29) is 46.5 Å². The zero-order valence-electron chi connectivity index (χ0n) is 14.0. The van der Waals surface area contributed by atoms with Gasteiger partial charge in [0.2, 0.25) is 0 Å². The summed E-state index contributed by atoms with van der Waals surface area (Å²) in [5.41, 5.74) is -0.0380. The van der Waals surface area contributed by atoms with Gasteiger partial charge in [0.1, 0.15) is 21.8 Å². The number of phenols is 1. The molecule has 0 aliphatic rings. The number of aromatic carboxylic acids is 1. The number of nitrogens with zero attached hydrogens (tertiary/aromatic N) is 2. The van der Waals surface area contributed by atoms with Crippen LogP contribution in [-0.2, 0) is 10.1 Å². The monoisotopic (exact) mass is 410 g/mol. The Morgan fingerprint density at radius 3 is 2.36 bits per heavy atom. The van der Waals surface area contributed by atoms with E-state index in [0.717, 1.165) is 0 Å². The summed E-state index contributed by atoms with van der Waals surface area (Å²) in [5, 5.41) is 28.2. The number of benzene rings is 3. The van der Waals surface area contributed by atoms with Crippen molar-refractivity contribution in [3.63, 3.8) is 0 Å². The van der Waals surface area contributed by atoms with Crippen LogP contribution >= 0.6 is 0 Å². The van der Waals surface area contributed by atoms with E-state index in [1.54, 1.807) is 37.3 Å². The van der Waals surface area contributed by atoms with Gasteiger partial charge in [-0.2, -0.15) is 8.42 Å². The first-order valence-electron chi connectivity index (χ1n) is 7.66. The minimum atomic E-state index is -4.54. The summed E-state index contributed by atoms with van der Waals surface area (Å²) in [7, 11) is -4.54. The summed E-state index contributed by atoms with van der Waals surface area (Å²) in [6, 6.07) is 12.1. The van der Waals surface area contributed by atoms with Gasteiger partial charge in [-0.15, -0.1) is 10.2 Å². The van der Waals surface area contributed by atoms with Crippen LogP contribution in [0.25, 0.3) is 10.8 Å². The fraction of sp³-hybridized carbons (Fsp3) is 0.0556. The molecule has 10 heteroatoms. The molecule has 0 unspecified atom stereocenters. The Morgan fingerprint density at radius 1 is 1.04 bits per heavy atom. The molecule has 0 atom stereocenters. The van der Waals surface area contributed by atoms with Gasteiger partial charge < -0.3 is 10.2 Å². The van der Waals surface area contributed by atoms with Crippen LogP contribution in [0.15, 0.2) is 63.7 Å². The number of carboxylic acid groups (broad SMARTS) is 1. The normalized spacial score (nSPS) is 11.5. The summed E-state index contributed by atoms with van der Waals surface area (Å²) in [6.45, 7) is 1.64. The standard InChI is InChI=1S/C18H14N2O6S.Na.H/c1-10-6-7-14(15(8-10)27(24,25)26)19-20-16-12-5-3-2-4-11(12)9-13(17(16)21)18(22)23;;/h2-9,21H,1H3,(H,22,23)(H,24,25,26);;. The number of carbonyl (C=O) groups is 1. The molecule has 0 aromatic heterocycles. The number of aromatic hydroxyl groups is 1. The molecule has 0 fully saturated rings. The average molecular weight is 410 g/mol. The van der Waals surface area contributed by atoms with E-state index < -0.39 is 26.7 Å². The Balaban J connectivity index is 0.00000280. The molecule has 3 aromatic rings. The van der Waals surface area contributed by atoms with Gasteiger partial charge in [-0.25, -0.2) is 4.79 Å². The topological polar surface area (TPSA) is 137 Å². The molecule has 0 bridgehead atoms. The van der Waals surface area contributed by atoms with E-state index in [9.17, 15) is 28.0 Å². The van der Waals surface area contributed by atoms with Crippen LogP contribution in [0.1, 0.15) is 15.9 Å². The summed E-state index contributed by atoms with van der Waals surface area (Å²) in [4.78, 5) is 10.9. The van der Waals surface area contributed by atoms with E-state index in [4.69, 9.17) is 0 Å². The van der Waals surface area contributed by atoms with Crippen LogP contribution in [0.5, 0.6) is 5.75 Å². The molecule has 3 rings (SSSR count). The first-order chi connectivity index (χ1) is 12.7. The summed E-state index contributed by atoms with van der Waals surface area (Å²) < 4.78 is 32.5. The first kappa shape index (κ1) is 22.0. The van der Waals surface area contributed by atoms with Crippen molar-refractivity contribution in [3.8, 4) is 5.75 Å². The van der Waals surface area contributed by atoms with E-state index in [1.807, 2.05) is 0 Å². The minimum absolute atomic E-state index is 0. The summed E-state index contributed by atoms with van der Waals surface area (Å²) in [5.74, 6) is -1.94. The Morgan fingerprint density at radius 2 is 1.71 bits per heavy atom. The molecule has 0 aliphatic heterocycles. The molecule has 0 saturated heterocycles. The molecular weight excluding hydrogens is 395 g/mol. The summed E-state index contributed by atoms with van der Waals surface area (Å²) in [6.07, 6.45) is 0. The van der Waals surface area contributed by atoms with Crippen LogP contribution in [-0.4, -0.2) is 58.7 Å². The van der Waals surface area contributed by atoms with Crippen molar-refractivity contribution in [3.05, 3.63) is 59.7 Å². The van der Waals surface area contributed by atoms with Gasteiger partial charge in [0.25, 0.3) is 10.1 Å². The van der Waals surface area contributed by atoms with Crippen LogP contribution in [0.2, 0.25) is 0 Å². The number of hydrogen-bond donors (Lipinski definition) is 3. The molecule has 0 aliphatic carbocycles. The van der Waals surface area contributed by atoms with Crippen molar-refractivity contribution < 1.29 is 28.0 Å². The molecule has 0 amide bonds. The second-order valence-electron chi connectivity index (χ2n) is 5.79. The van der Waals surface area contributed by atoms with Crippen molar-refractivity contribution in [2.45, 2.75) is 11.8 Å².